The molecule has 4 amide bonds. The topological polar surface area (TPSA) is 87.7 Å². The largest absolute Gasteiger partial charge is 0.493 e. The molecule has 0 unspecified atom stereocenters. The van der Waals surface area contributed by atoms with Crippen LogP contribution in [0.3, 0.4) is 0 Å². The summed E-state index contributed by atoms with van der Waals surface area (Å²) < 4.78 is 5.60. The fourth-order valence-corrected chi connectivity index (χ4v) is 3.56. The number of fused-ring (bicyclic) bond motifs is 2. The van der Waals surface area contributed by atoms with Crippen LogP contribution < -0.4 is 15.4 Å². The molecule has 7 heteroatoms. The first-order chi connectivity index (χ1) is 13.0. The summed E-state index contributed by atoms with van der Waals surface area (Å²) in [6.45, 7) is 1.84. The van der Waals surface area contributed by atoms with Crippen LogP contribution >= 0.6 is 0 Å². The molecule has 0 radical (unpaired) electrons. The van der Waals surface area contributed by atoms with Gasteiger partial charge in [-0.2, -0.15) is 0 Å². The van der Waals surface area contributed by atoms with Crippen molar-refractivity contribution in [1.82, 2.24) is 10.2 Å². The zero-order valence-electron chi connectivity index (χ0n) is 14.8. The van der Waals surface area contributed by atoms with Crippen molar-refractivity contribution in [2.24, 2.45) is 0 Å². The predicted octanol–water partition coefficient (Wildman–Crippen LogP) is 2.16. The lowest BCUT2D eigenvalue weighted by atomic mass is 9.84. The number of nitrogens with zero attached hydrogens (tertiary/aromatic N) is 1. The molecule has 2 aromatic rings. The van der Waals surface area contributed by atoms with Crippen LogP contribution in [0.25, 0.3) is 0 Å². The minimum Gasteiger partial charge on any atom is -0.493 e. The van der Waals surface area contributed by atoms with Crippen LogP contribution in [-0.4, -0.2) is 35.9 Å². The Hall–Kier alpha value is -3.35. The molecule has 2 aliphatic rings. The van der Waals surface area contributed by atoms with E-state index in [1.54, 1.807) is 24.3 Å². The van der Waals surface area contributed by atoms with Gasteiger partial charge in [0.05, 0.1) is 6.61 Å². The van der Waals surface area contributed by atoms with Crippen LogP contribution in [0.5, 0.6) is 5.75 Å². The average Bonchev–Trinajstić information content (AvgIpc) is 2.89. The fraction of sp³-hybridized carbons (Fsp3) is 0.250. The molecule has 1 spiro atoms. The van der Waals surface area contributed by atoms with Crippen molar-refractivity contribution in [3.8, 4) is 5.75 Å². The number of hydrogen-bond acceptors (Lipinski definition) is 4. The van der Waals surface area contributed by atoms with Crippen molar-refractivity contribution in [2.45, 2.75) is 18.9 Å². The summed E-state index contributed by atoms with van der Waals surface area (Å²) in [7, 11) is 0. The Balaban J connectivity index is 1.56. The van der Waals surface area contributed by atoms with Gasteiger partial charge in [0, 0.05) is 17.7 Å². The summed E-state index contributed by atoms with van der Waals surface area (Å²) >= 11 is 0. The number of anilines is 1. The normalized spacial score (nSPS) is 20.9. The molecule has 0 aliphatic carbocycles. The third kappa shape index (κ3) is 2.81. The minimum atomic E-state index is -1.17. The molecule has 1 saturated heterocycles. The monoisotopic (exact) mass is 365 g/mol. The standard InChI is InChI=1S/C20H19N3O4/c1-13-6-2-4-8-15(13)21-17(24)12-23-18(25)20(22-19(23)26)10-11-27-16-9-5-3-7-14(16)20/h2-9H,10-12H2,1H3,(H,21,24)(H,22,26)/t20-/m1/s1. The van der Waals surface area contributed by atoms with Gasteiger partial charge in [-0.1, -0.05) is 36.4 Å². The Kier molecular flexibility index (Phi) is 4.07. The number of urea groups is 1. The minimum absolute atomic E-state index is 0.312. The molecule has 2 aliphatic heterocycles. The third-order valence-corrected chi connectivity index (χ3v) is 4.98. The molecule has 7 nitrogen and oxygen atoms in total. The summed E-state index contributed by atoms with van der Waals surface area (Å²) in [6.07, 6.45) is 0.324. The molecule has 4 rings (SSSR count). The summed E-state index contributed by atoms with van der Waals surface area (Å²) in [4.78, 5) is 39.0. The maximum atomic E-state index is 13.1. The van der Waals surface area contributed by atoms with Crippen LogP contribution in [0.4, 0.5) is 10.5 Å². The molecule has 2 aromatic carbocycles. The van der Waals surface area contributed by atoms with E-state index in [4.69, 9.17) is 4.74 Å². The second-order valence-electron chi connectivity index (χ2n) is 6.68. The smallest absolute Gasteiger partial charge is 0.325 e. The van der Waals surface area contributed by atoms with Gasteiger partial charge in [-0.25, -0.2) is 4.79 Å². The van der Waals surface area contributed by atoms with E-state index in [-0.39, 0.29) is 6.54 Å². The number of carbonyl (C=O) groups excluding carboxylic acids is 3. The molecule has 0 aromatic heterocycles. The first-order valence-corrected chi connectivity index (χ1v) is 8.73. The highest BCUT2D eigenvalue weighted by Gasteiger charge is 2.55. The lowest BCUT2D eigenvalue weighted by Gasteiger charge is -2.33. The third-order valence-electron chi connectivity index (χ3n) is 4.98. The number of nitrogens with one attached hydrogen (secondary N) is 2. The molecule has 1 atom stereocenters. The Morgan fingerprint density at radius 2 is 1.93 bits per heavy atom. The van der Waals surface area contributed by atoms with Crippen LogP contribution in [-0.2, 0) is 15.1 Å². The molecule has 1 fully saturated rings. The number of imide groups is 1. The zero-order valence-corrected chi connectivity index (χ0v) is 14.8. The summed E-state index contributed by atoms with van der Waals surface area (Å²) in [5.74, 6) is -0.281. The summed E-state index contributed by atoms with van der Waals surface area (Å²) in [6, 6.07) is 13.9. The van der Waals surface area contributed by atoms with Crippen molar-refractivity contribution in [2.75, 3.05) is 18.5 Å². The second kappa shape index (κ2) is 6.42. The highest BCUT2D eigenvalue weighted by molar-refractivity contribution is 6.10. The maximum Gasteiger partial charge on any atom is 0.325 e. The first kappa shape index (κ1) is 17.1. The summed E-state index contributed by atoms with van der Waals surface area (Å²) in [5.41, 5.74) is 1.00. The highest BCUT2D eigenvalue weighted by Crippen LogP contribution is 2.40. The molecule has 27 heavy (non-hydrogen) atoms. The van der Waals surface area contributed by atoms with E-state index >= 15 is 0 Å². The number of hydrogen-bond donors (Lipinski definition) is 2. The van der Waals surface area contributed by atoms with E-state index in [9.17, 15) is 14.4 Å². The van der Waals surface area contributed by atoms with Crippen molar-refractivity contribution < 1.29 is 19.1 Å². The fourth-order valence-electron chi connectivity index (χ4n) is 3.56. The van der Waals surface area contributed by atoms with Crippen LogP contribution in [0.2, 0.25) is 0 Å². The SMILES string of the molecule is Cc1ccccc1NC(=O)CN1C(=O)N[C@@]2(CCOc3ccccc32)C1=O. The van der Waals surface area contributed by atoms with Gasteiger partial charge in [-0.3, -0.25) is 14.5 Å². The lowest BCUT2D eigenvalue weighted by Crippen LogP contribution is -2.48. The zero-order chi connectivity index (χ0) is 19.0. The Morgan fingerprint density at radius 3 is 2.74 bits per heavy atom. The van der Waals surface area contributed by atoms with Crippen molar-refractivity contribution >= 4 is 23.5 Å². The average molecular weight is 365 g/mol. The van der Waals surface area contributed by atoms with Gasteiger partial charge in [0.2, 0.25) is 5.91 Å². The van der Waals surface area contributed by atoms with Gasteiger partial charge in [-0.15, -0.1) is 0 Å². The number of carbonyl (C=O) groups is 3. The number of ether oxygens (including phenoxy) is 1. The van der Waals surface area contributed by atoms with Gasteiger partial charge < -0.3 is 15.4 Å². The van der Waals surface area contributed by atoms with Crippen LogP contribution in [0.1, 0.15) is 17.5 Å². The van der Waals surface area contributed by atoms with Gasteiger partial charge in [0.25, 0.3) is 5.91 Å². The molecular weight excluding hydrogens is 346 g/mol. The van der Waals surface area contributed by atoms with E-state index in [0.717, 1.165) is 10.5 Å². The molecule has 2 heterocycles. The van der Waals surface area contributed by atoms with Crippen molar-refractivity contribution in [3.63, 3.8) is 0 Å². The second-order valence-corrected chi connectivity index (χ2v) is 6.68. The molecule has 0 bridgehead atoms. The van der Waals surface area contributed by atoms with Crippen LogP contribution in [0.15, 0.2) is 48.5 Å². The molecule has 2 N–H and O–H groups in total. The van der Waals surface area contributed by atoms with Crippen molar-refractivity contribution in [3.05, 3.63) is 59.7 Å². The molecular formula is C20H19N3O4. The van der Waals surface area contributed by atoms with Gasteiger partial charge in [0.1, 0.15) is 12.3 Å². The van der Waals surface area contributed by atoms with E-state index < -0.39 is 23.4 Å². The van der Waals surface area contributed by atoms with E-state index in [1.807, 2.05) is 31.2 Å². The maximum absolute atomic E-state index is 13.1. The Labute approximate surface area is 156 Å². The molecule has 138 valence electrons. The lowest BCUT2D eigenvalue weighted by molar-refractivity contribution is -0.135. The predicted molar refractivity (Wildman–Crippen MR) is 98.3 cm³/mol. The Morgan fingerprint density at radius 1 is 1.19 bits per heavy atom. The first-order valence-electron chi connectivity index (χ1n) is 8.73. The van der Waals surface area contributed by atoms with E-state index in [2.05, 4.69) is 10.6 Å². The number of para-hydroxylation sites is 2. The Bertz CT molecular complexity index is 942. The number of amides is 4. The quantitative estimate of drug-likeness (QED) is 0.816. The van der Waals surface area contributed by atoms with E-state index in [1.165, 1.54) is 0 Å². The highest BCUT2D eigenvalue weighted by atomic mass is 16.5. The van der Waals surface area contributed by atoms with Crippen molar-refractivity contribution in [1.29, 1.82) is 0 Å². The van der Waals surface area contributed by atoms with E-state index in [0.29, 0.717) is 30.0 Å². The number of benzene rings is 2. The number of rotatable bonds is 3. The number of aryl methyl sites for hydroxylation is 1. The molecule has 0 saturated carbocycles. The summed E-state index contributed by atoms with van der Waals surface area (Å²) in [5, 5.41) is 5.53. The van der Waals surface area contributed by atoms with Gasteiger partial charge in [-0.05, 0) is 24.6 Å². The van der Waals surface area contributed by atoms with Gasteiger partial charge in [0.15, 0.2) is 5.54 Å². The van der Waals surface area contributed by atoms with Crippen LogP contribution in [0, 0.1) is 6.92 Å². The van der Waals surface area contributed by atoms with Gasteiger partial charge >= 0.3 is 6.03 Å².